The van der Waals surface area contributed by atoms with Crippen LogP contribution in [0.3, 0.4) is 0 Å². The highest BCUT2D eigenvalue weighted by Crippen LogP contribution is 2.34. The Hall–Kier alpha value is -0.770. The van der Waals surface area contributed by atoms with Crippen molar-refractivity contribution in [1.29, 1.82) is 0 Å². The fraction of sp³-hybridized carbons (Fsp3) is 0.917. The highest BCUT2D eigenvalue weighted by atomic mass is 16.3. The minimum atomic E-state index is 0.00448. The molecule has 16 heavy (non-hydrogen) atoms. The van der Waals surface area contributed by atoms with Crippen LogP contribution in [0.4, 0.5) is 4.79 Å². The van der Waals surface area contributed by atoms with Crippen molar-refractivity contribution in [3.8, 4) is 0 Å². The van der Waals surface area contributed by atoms with Gasteiger partial charge in [-0.05, 0) is 45.4 Å². The average Bonchev–Trinajstić information content (AvgIpc) is 3.07. The van der Waals surface area contributed by atoms with E-state index in [0.717, 1.165) is 12.8 Å². The summed E-state index contributed by atoms with van der Waals surface area (Å²) in [7, 11) is 1.86. The maximum atomic E-state index is 11.8. The number of nitrogens with one attached hydrogen (secondary N) is 1. The molecule has 0 heterocycles. The second-order valence-electron chi connectivity index (χ2n) is 4.91. The van der Waals surface area contributed by atoms with Crippen LogP contribution in [-0.4, -0.2) is 41.8 Å². The Kier molecular flexibility index (Phi) is 5.06. The van der Waals surface area contributed by atoms with Gasteiger partial charge in [0, 0.05) is 25.7 Å². The SMILES string of the molecule is CC(CCCO)NC(=O)N(C)C(C)C1CC1. The fourth-order valence-electron chi connectivity index (χ4n) is 1.86. The Morgan fingerprint density at radius 3 is 2.62 bits per heavy atom. The molecule has 94 valence electrons. The molecule has 0 spiro atoms. The van der Waals surface area contributed by atoms with Gasteiger partial charge in [-0.15, -0.1) is 0 Å². The molecule has 1 fully saturated rings. The lowest BCUT2D eigenvalue weighted by Crippen LogP contribution is -2.46. The van der Waals surface area contributed by atoms with Crippen molar-refractivity contribution in [2.24, 2.45) is 5.92 Å². The normalized spacial score (nSPS) is 19.0. The molecule has 0 saturated heterocycles. The molecule has 1 aliphatic rings. The van der Waals surface area contributed by atoms with E-state index >= 15 is 0 Å². The second kappa shape index (κ2) is 6.09. The molecule has 0 radical (unpaired) electrons. The number of urea groups is 1. The van der Waals surface area contributed by atoms with Crippen LogP contribution in [0.2, 0.25) is 0 Å². The van der Waals surface area contributed by atoms with Crippen LogP contribution in [0.1, 0.15) is 39.5 Å². The van der Waals surface area contributed by atoms with Crippen LogP contribution in [0, 0.1) is 5.92 Å². The quantitative estimate of drug-likeness (QED) is 0.725. The molecule has 0 aromatic carbocycles. The maximum absolute atomic E-state index is 11.8. The van der Waals surface area contributed by atoms with Gasteiger partial charge in [-0.25, -0.2) is 4.79 Å². The first-order valence-corrected chi connectivity index (χ1v) is 6.20. The maximum Gasteiger partial charge on any atom is 0.317 e. The first kappa shape index (κ1) is 13.3. The Balaban J connectivity index is 2.26. The summed E-state index contributed by atoms with van der Waals surface area (Å²) < 4.78 is 0. The van der Waals surface area contributed by atoms with Crippen LogP contribution in [-0.2, 0) is 0 Å². The lowest BCUT2D eigenvalue weighted by atomic mass is 10.2. The van der Waals surface area contributed by atoms with E-state index in [2.05, 4.69) is 12.2 Å². The third kappa shape index (κ3) is 4.00. The number of aliphatic hydroxyl groups excluding tert-OH is 1. The second-order valence-corrected chi connectivity index (χ2v) is 4.91. The summed E-state index contributed by atoms with van der Waals surface area (Å²) in [5, 5.41) is 11.7. The predicted octanol–water partition coefficient (Wildman–Crippen LogP) is 1.59. The average molecular weight is 228 g/mol. The van der Waals surface area contributed by atoms with Gasteiger partial charge in [0.05, 0.1) is 0 Å². The summed E-state index contributed by atoms with van der Waals surface area (Å²) >= 11 is 0. The minimum Gasteiger partial charge on any atom is -0.396 e. The van der Waals surface area contributed by atoms with Gasteiger partial charge in [0.1, 0.15) is 0 Å². The number of nitrogens with zero attached hydrogens (tertiary/aromatic N) is 1. The standard InChI is InChI=1S/C12H24N2O2/c1-9(5-4-8-15)13-12(16)14(3)10(2)11-6-7-11/h9-11,15H,4-8H2,1-3H3,(H,13,16). The Bertz CT molecular complexity index is 229. The van der Waals surface area contributed by atoms with E-state index in [0.29, 0.717) is 12.0 Å². The topological polar surface area (TPSA) is 52.6 Å². The Morgan fingerprint density at radius 1 is 1.50 bits per heavy atom. The number of hydrogen-bond donors (Lipinski definition) is 2. The van der Waals surface area contributed by atoms with Crippen molar-refractivity contribution in [3.05, 3.63) is 0 Å². The van der Waals surface area contributed by atoms with Gasteiger partial charge in [-0.1, -0.05) is 0 Å². The molecule has 2 amide bonds. The summed E-state index contributed by atoms with van der Waals surface area (Å²) in [6.07, 6.45) is 4.06. The summed E-state index contributed by atoms with van der Waals surface area (Å²) in [5.41, 5.74) is 0. The lowest BCUT2D eigenvalue weighted by molar-refractivity contribution is 0.183. The molecule has 1 rings (SSSR count). The van der Waals surface area contributed by atoms with E-state index in [1.807, 2.05) is 14.0 Å². The Morgan fingerprint density at radius 2 is 2.12 bits per heavy atom. The van der Waals surface area contributed by atoms with Crippen molar-refractivity contribution in [2.75, 3.05) is 13.7 Å². The van der Waals surface area contributed by atoms with Gasteiger partial charge in [0.2, 0.25) is 0 Å². The summed E-state index contributed by atoms with van der Waals surface area (Å²) in [6, 6.07) is 0.475. The summed E-state index contributed by atoms with van der Waals surface area (Å²) in [6.45, 7) is 4.27. The van der Waals surface area contributed by atoms with Crippen LogP contribution >= 0.6 is 0 Å². The third-order valence-corrected chi connectivity index (χ3v) is 3.40. The van der Waals surface area contributed by atoms with Gasteiger partial charge in [-0.3, -0.25) is 0 Å². The molecule has 0 aromatic heterocycles. The van der Waals surface area contributed by atoms with Gasteiger partial charge < -0.3 is 15.3 Å². The van der Waals surface area contributed by atoms with E-state index in [1.54, 1.807) is 4.90 Å². The molecule has 1 aliphatic carbocycles. The van der Waals surface area contributed by atoms with Gasteiger partial charge in [0.15, 0.2) is 0 Å². The monoisotopic (exact) mass is 228 g/mol. The van der Waals surface area contributed by atoms with Gasteiger partial charge in [0.25, 0.3) is 0 Å². The molecular formula is C12H24N2O2. The molecule has 0 aliphatic heterocycles. The molecule has 0 aromatic rings. The molecule has 4 nitrogen and oxygen atoms in total. The first-order valence-electron chi connectivity index (χ1n) is 6.20. The molecule has 1 saturated carbocycles. The highest BCUT2D eigenvalue weighted by Gasteiger charge is 2.32. The molecule has 2 atom stereocenters. The van der Waals surface area contributed by atoms with Crippen molar-refractivity contribution < 1.29 is 9.90 Å². The molecular weight excluding hydrogens is 204 g/mol. The smallest absolute Gasteiger partial charge is 0.317 e. The zero-order valence-electron chi connectivity index (χ0n) is 10.6. The number of hydrogen-bond acceptors (Lipinski definition) is 2. The van der Waals surface area contributed by atoms with Crippen LogP contribution in [0.5, 0.6) is 0 Å². The number of aliphatic hydroxyl groups is 1. The van der Waals surface area contributed by atoms with Crippen LogP contribution < -0.4 is 5.32 Å². The van der Waals surface area contributed by atoms with Crippen LogP contribution in [0.15, 0.2) is 0 Å². The molecule has 4 heteroatoms. The number of rotatable bonds is 6. The van der Waals surface area contributed by atoms with E-state index in [-0.39, 0.29) is 18.7 Å². The van der Waals surface area contributed by atoms with E-state index < -0.39 is 0 Å². The van der Waals surface area contributed by atoms with Crippen molar-refractivity contribution in [2.45, 2.75) is 51.6 Å². The van der Waals surface area contributed by atoms with E-state index in [4.69, 9.17) is 5.11 Å². The van der Waals surface area contributed by atoms with E-state index in [9.17, 15) is 4.79 Å². The zero-order chi connectivity index (χ0) is 12.1. The number of carbonyl (C=O) groups is 1. The minimum absolute atomic E-state index is 0.00448. The highest BCUT2D eigenvalue weighted by molar-refractivity contribution is 5.74. The van der Waals surface area contributed by atoms with Crippen molar-refractivity contribution in [3.63, 3.8) is 0 Å². The van der Waals surface area contributed by atoms with E-state index in [1.165, 1.54) is 12.8 Å². The van der Waals surface area contributed by atoms with Crippen LogP contribution in [0.25, 0.3) is 0 Å². The molecule has 0 bridgehead atoms. The van der Waals surface area contributed by atoms with Crippen molar-refractivity contribution >= 4 is 6.03 Å². The molecule has 2 unspecified atom stereocenters. The summed E-state index contributed by atoms with van der Waals surface area (Å²) in [5.74, 6) is 0.698. The third-order valence-electron chi connectivity index (χ3n) is 3.40. The van der Waals surface area contributed by atoms with Gasteiger partial charge >= 0.3 is 6.03 Å². The number of amides is 2. The largest absolute Gasteiger partial charge is 0.396 e. The fourth-order valence-corrected chi connectivity index (χ4v) is 1.86. The van der Waals surface area contributed by atoms with Gasteiger partial charge in [-0.2, -0.15) is 0 Å². The summed E-state index contributed by atoms with van der Waals surface area (Å²) in [4.78, 5) is 13.6. The predicted molar refractivity (Wildman–Crippen MR) is 64.3 cm³/mol. The Labute approximate surface area is 98.0 Å². The number of carbonyl (C=O) groups excluding carboxylic acids is 1. The lowest BCUT2D eigenvalue weighted by Gasteiger charge is -2.27. The zero-order valence-corrected chi connectivity index (χ0v) is 10.6. The van der Waals surface area contributed by atoms with Crippen molar-refractivity contribution in [1.82, 2.24) is 10.2 Å². The first-order chi connectivity index (χ1) is 7.56. The molecule has 2 N–H and O–H groups in total.